The first-order chi connectivity index (χ1) is 6.93. The molecule has 0 aliphatic rings. The second kappa shape index (κ2) is 7.05. The minimum atomic E-state index is -0.913. The second-order valence-electron chi connectivity index (χ2n) is 3.68. The van der Waals surface area contributed by atoms with Crippen molar-refractivity contribution in [2.24, 2.45) is 5.92 Å². The molecule has 0 aliphatic heterocycles. The Bertz CT molecular complexity index is 219. The molecule has 0 aromatic heterocycles. The third-order valence-electron chi connectivity index (χ3n) is 1.83. The van der Waals surface area contributed by atoms with Crippen molar-refractivity contribution in [1.29, 1.82) is 0 Å². The van der Waals surface area contributed by atoms with Gasteiger partial charge in [-0.2, -0.15) is 0 Å². The molecule has 3 N–H and O–H groups in total. The maximum absolute atomic E-state index is 11.1. The van der Waals surface area contributed by atoms with Gasteiger partial charge in [-0.05, 0) is 14.1 Å². The number of hydrogen-bond acceptors (Lipinski definition) is 3. The molecular formula is C9H19N3O3. The Morgan fingerprint density at radius 3 is 2.40 bits per heavy atom. The van der Waals surface area contributed by atoms with Crippen LogP contribution in [0, 0.1) is 5.92 Å². The molecule has 2 amide bonds. The predicted molar refractivity (Wildman–Crippen MR) is 56.8 cm³/mol. The van der Waals surface area contributed by atoms with Gasteiger partial charge >= 0.3 is 12.0 Å². The Hall–Kier alpha value is -1.30. The number of nitrogens with one attached hydrogen (secondary N) is 2. The van der Waals surface area contributed by atoms with E-state index in [0.717, 1.165) is 6.54 Å². The molecule has 0 aromatic rings. The summed E-state index contributed by atoms with van der Waals surface area (Å²) in [6.07, 6.45) is 0. The molecule has 0 aliphatic carbocycles. The highest BCUT2D eigenvalue weighted by molar-refractivity contribution is 5.75. The summed E-state index contributed by atoms with van der Waals surface area (Å²) >= 11 is 0. The summed E-state index contributed by atoms with van der Waals surface area (Å²) in [5, 5.41) is 13.7. The van der Waals surface area contributed by atoms with Crippen LogP contribution in [-0.4, -0.2) is 55.7 Å². The molecule has 1 atom stereocenters. The normalized spacial score (nSPS) is 12.3. The van der Waals surface area contributed by atoms with Gasteiger partial charge in [-0.15, -0.1) is 0 Å². The molecule has 0 heterocycles. The minimum absolute atomic E-state index is 0.142. The summed E-state index contributed by atoms with van der Waals surface area (Å²) in [5.74, 6) is -1.48. The fourth-order valence-electron chi connectivity index (χ4n) is 0.789. The van der Waals surface area contributed by atoms with Crippen LogP contribution in [0.2, 0.25) is 0 Å². The van der Waals surface area contributed by atoms with Gasteiger partial charge in [0.1, 0.15) is 0 Å². The fraction of sp³-hybridized carbons (Fsp3) is 0.778. The average molecular weight is 217 g/mol. The molecule has 0 saturated heterocycles. The van der Waals surface area contributed by atoms with Crippen LogP contribution in [0.4, 0.5) is 4.79 Å². The lowest BCUT2D eigenvalue weighted by Gasteiger charge is -2.12. The van der Waals surface area contributed by atoms with Crippen LogP contribution in [0.1, 0.15) is 6.92 Å². The van der Waals surface area contributed by atoms with Crippen molar-refractivity contribution in [2.75, 3.05) is 33.7 Å². The number of carbonyl (C=O) groups excluding carboxylic acids is 1. The van der Waals surface area contributed by atoms with E-state index >= 15 is 0 Å². The maximum atomic E-state index is 11.1. The van der Waals surface area contributed by atoms with Crippen molar-refractivity contribution in [1.82, 2.24) is 15.5 Å². The van der Waals surface area contributed by atoms with Crippen LogP contribution < -0.4 is 10.6 Å². The smallest absolute Gasteiger partial charge is 0.314 e. The van der Waals surface area contributed by atoms with Crippen LogP contribution in [0.3, 0.4) is 0 Å². The van der Waals surface area contributed by atoms with Gasteiger partial charge < -0.3 is 20.6 Å². The van der Waals surface area contributed by atoms with E-state index in [9.17, 15) is 9.59 Å². The number of carbonyl (C=O) groups is 2. The fourth-order valence-corrected chi connectivity index (χ4v) is 0.789. The number of aliphatic carboxylic acids is 1. The van der Waals surface area contributed by atoms with Crippen LogP contribution in [-0.2, 0) is 4.79 Å². The van der Waals surface area contributed by atoms with E-state index in [4.69, 9.17) is 5.11 Å². The van der Waals surface area contributed by atoms with E-state index in [-0.39, 0.29) is 12.6 Å². The number of likely N-dealkylation sites (N-methyl/N-ethyl adjacent to an activating group) is 1. The molecule has 88 valence electrons. The van der Waals surface area contributed by atoms with E-state index in [1.807, 2.05) is 19.0 Å². The number of hydrogen-bond donors (Lipinski definition) is 3. The molecule has 0 aromatic carbocycles. The standard InChI is InChI=1S/C9H19N3O3/c1-7(8(13)14)6-11-9(15)10-4-5-12(2)3/h7H,4-6H2,1-3H3,(H,13,14)(H2,10,11,15). The summed E-state index contributed by atoms with van der Waals surface area (Å²) in [5.41, 5.74) is 0. The van der Waals surface area contributed by atoms with Crippen molar-refractivity contribution >= 4 is 12.0 Å². The predicted octanol–water partition coefficient (Wildman–Crippen LogP) is -0.432. The van der Waals surface area contributed by atoms with E-state index in [1.54, 1.807) is 6.92 Å². The van der Waals surface area contributed by atoms with Gasteiger partial charge in [0.2, 0.25) is 0 Å². The molecule has 0 fully saturated rings. The molecule has 6 heteroatoms. The zero-order chi connectivity index (χ0) is 11.8. The number of urea groups is 1. The lowest BCUT2D eigenvalue weighted by molar-refractivity contribution is -0.140. The van der Waals surface area contributed by atoms with Gasteiger partial charge in [0.15, 0.2) is 0 Å². The molecule has 15 heavy (non-hydrogen) atoms. The lowest BCUT2D eigenvalue weighted by Crippen LogP contribution is -2.41. The average Bonchev–Trinajstić information content (AvgIpc) is 2.13. The molecule has 0 bridgehead atoms. The number of rotatable bonds is 6. The van der Waals surface area contributed by atoms with E-state index in [0.29, 0.717) is 6.54 Å². The molecule has 0 radical (unpaired) electrons. The first-order valence-corrected chi connectivity index (χ1v) is 4.82. The topological polar surface area (TPSA) is 81.7 Å². The highest BCUT2D eigenvalue weighted by Gasteiger charge is 2.11. The van der Waals surface area contributed by atoms with Crippen LogP contribution in [0.15, 0.2) is 0 Å². The van der Waals surface area contributed by atoms with Crippen LogP contribution in [0.5, 0.6) is 0 Å². The molecule has 6 nitrogen and oxygen atoms in total. The van der Waals surface area contributed by atoms with Gasteiger partial charge in [-0.3, -0.25) is 4.79 Å². The number of carboxylic acids is 1. The summed E-state index contributed by atoms with van der Waals surface area (Å²) in [6, 6.07) is -0.329. The third kappa shape index (κ3) is 7.75. The molecule has 0 rings (SSSR count). The first kappa shape index (κ1) is 13.7. The SMILES string of the molecule is CC(CNC(=O)NCCN(C)C)C(=O)O. The van der Waals surface area contributed by atoms with E-state index in [1.165, 1.54) is 0 Å². The maximum Gasteiger partial charge on any atom is 0.314 e. The van der Waals surface area contributed by atoms with Crippen LogP contribution >= 0.6 is 0 Å². The van der Waals surface area contributed by atoms with Gasteiger partial charge in [0.25, 0.3) is 0 Å². The minimum Gasteiger partial charge on any atom is -0.481 e. The molecule has 0 spiro atoms. The van der Waals surface area contributed by atoms with Crippen molar-refractivity contribution in [2.45, 2.75) is 6.92 Å². The molecule has 1 unspecified atom stereocenters. The van der Waals surface area contributed by atoms with Crippen molar-refractivity contribution in [3.8, 4) is 0 Å². The monoisotopic (exact) mass is 217 g/mol. The van der Waals surface area contributed by atoms with Gasteiger partial charge in [0, 0.05) is 19.6 Å². The highest BCUT2D eigenvalue weighted by atomic mass is 16.4. The summed E-state index contributed by atoms with van der Waals surface area (Å²) in [7, 11) is 3.82. The Kier molecular flexibility index (Phi) is 6.44. The summed E-state index contributed by atoms with van der Waals surface area (Å²) < 4.78 is 0. The molecular weight excluding hydrogens is 198 g/mol. The van der Waals surface area contributed by atoms with Crippen molar-refractivity contribution < 1.29 is 14.7 Å². The summed E-state index contributed by atoms with van der Waals surface area (Å²) in [4.78, 5) is 23.5. The van der Waals surface area contributed by atoms with Gasteiger partial charge in [-0.25, -0.2) is 4.79 Å². The summed E-state index contributed by atoms with van der Waals surface area (Å²) in [6.45, 7) is 2.98. The third-order valence-corrected chi connectivity index (χ3v) is 1.83. The number of nitrogens with zero attached hydrogens (tertiary/aromatic N) is 1. The lowest BCUT2D eigenvalue weighted by atomic mass is 10.2. The van der Waals surface area contributed by atoms with Gasteiger partial charge in [0.05, 0.1) is 5.92 Å². The Morgan fingerprint density at radius 2 is 1.93 bits per heavy atom. The molecule has 0 saturated carbocycles. The van der Waals surface area contributed by atoms with Crippen molar-refractivity contribution in [3.05, 3.63) is 0 Å². The van der Waals surface area contributed by atoms with Crippen molar-refractivity contribution in [3.63, 3.8) is 0 Å². The van der Waals surface area contributed by atoms with E-state index in [2.05, 4.69) is 10.6 Å². The zero-order valence-electron chi connectivity index (χ0n) is 9.41. The quantitative estimate of drug-likeness (QED) is 0.564. The highest BCUT2D eigenvalue weighted by Crippen LogP contribution is 1.90. The first-order valence-electron chi connectivity index (χ1n) is 4.82. The zero-order valence-corrected chi connectivity index (χ0v) is 9.41. The van der Waals surface area contributed by atoms with E-state index < -0.39 is 11.9 Å². The Morgan fingerprint density at radius 1 is 1.33 bits per heavy atom. The Labute approximate surface area is 89.6 Å². The van der Waals surface area contributed by atoms with Gasteiger partial charge in [-0.1, -0.05) is 6.92 Å². The largest absolute Gasteiger partial charge is 0.481 e. The number of amides is 2. The Balaban J connectivity index is 3.53. The second-order valence-corrected chi connectivity index (χ2v) is 3.68. The number of carboxylic acid groups (broad SMARTS) is 1. The van der Waals surface area contributed by atoms with Crippen LogP contribution in [0.25, 0.3) is 0 Å².